The molecule has 0 spiro atoms. The number of anilines is 1. The van der Waals surface area contributed by atoms with E-state index in [1.54, 1.807) is 0 Å². The molecule has 1 amide bonds. The highest BCUT2D eigenvalue weighted by Crippen LogP contribution is 2.22. The Hall–Kier alpha value is -3.16. The lowest BCUT2D eigenvalue weighted by Crippen LogP contribution is -2.14. The molecule has 2 rings (SSSR count). The predicted molar refractivity (Wildman–Crippen MR) is 66.7 cm³/mol. The number of carbonyl (C=O) groups excluding carboxylic acids is 1. The lowest BCUT2D eigenvalue weighted by molar-refractivity contribution is -0.384. The summed E-state index contributed by atoms with van der Waals surface area (Å²) in [5.41, 5.74) is -0.561. The number of aromatic carboxylic acids is 1. The van der Waals surface area contributed by atoms with Gasteiger partial charge in [-0.25, -0.2) is 4.79 Å². The van der Waals surface area contributed by atoms with Crippen molar-refractivity contribution in [2.45, 2.75) is 0 Å². The lowest BCUT2D eigenvalue weighted by Gasteiger charge is -2.07. The number of nitro benzene ring substituents is 1. The van der Waals surface area contributed by atoms with Crippen molar-refractivity contribution in [3.8, 4) is 0 Å². The van der Waals surface area contributed by atoms with E-state index in [-0.39, 0.29) is 22.5 Å². The van der Waals surface area contributed by atoms with Gasteiger partial charge in [-0.05, 0) is 12.1 Å². The molecular formula is C12H8N2O6. The standard InChI is InChI=1S/C12H8N2O6/c15-11(7-3-4-20-6-7)13-10-2-1-8(14(18)19)5-9(10)12(16)17/h1-6H,(H,13,15)(H,16,17). The fraction of sp³-hybridized carbons (Fsp3) is 0. The fourth-order valence-electron chi connectivity index (χ4n) is 1.52. The van der Waals surface area contributed by atoms with Gasteiger partial charge in [0.15, 0.2) is 0 Å². The van der Waals surface area contributed by atoms with Gasteiger partial charge in [-0.1, -0.05) is 0 Å². The second-order valence-corrected chi connectivity index (χ2v) is 3.76. The van der Waals surface area contributed by atoms with Crippen LogP contribution in [-0.4, -0.2) is 21.9 Å². The number of benzene rings is 1. The topological polar surface area (TPSA) is 123 Å². The highest BCUT2D eigenvalue weighted by Gasteiger charge is 2.18. The zero-order chi connectivity index (χ0) is 14.7. The van der Waals surface area contributed by atoms with Crippen LogP contribution in [0.1, 0.15) is 20.7 Å². The van der Waals surface area contributed by atoms with E-state index in [1.807, 2.05) is 0 Å². The summed E-state index contributed by atoms with van der Waals surface area (Å²) in [6.07, 6.45) is 2.49. The number of nitrogens with zero attached hydrogens (tertiary/aromatic N) is 1. The summed E-state index contributed by atoms with van der Waals surface area (Å²) in [5, 5.41) is 22.0. The minimum Gasteiger partial charge on any atom is -0.478 e. The number of carboxylic acids is 1. The van der Waals surface area contributed by atoms with Crippen molar-refractivity contribution in [1.29, 1.82) is 0 Å². The second kappa shape index (κ2) is 5.22. The summed E-state index contributed by atoms with van der Waals surface area (Å²) in [5.74, 6) is -1.95. The van der Waals surface area contributed by atoms with Crippen molar-refractivity contribution in [2.75, 3.05) is 5.32 Å². The largest absolute Gasteiger partial charge is 0.478 e. The Kier molecular flexibility index (Phi) is 3.47. The minimum absolute atomic E-state index is 0.0331. The molecule has 1 aromatic heterocycles. The van der Waals surface area contributed by atoms with Crippen LogP contribution in [0.3, 0.4) is 0 Å². The van der Waals surface area contributed by atoms with Crippen molar-refractivity contribution in [2.24, 2.45) is 0 Å². The normalized spacial score (nSPS) is 10.0. The van der Waals surface area contributed by atoms with Crippen LogP contribution >= 0.6 is 0 Å². The van der Waals surface area contributed by atoms with Gasteiger partial charge in [-0.3, -0.25) is 14.9 Å². The summed E-state index contributed by atoms with van der Waals surface area (Å²) in [7, 11) is 0. The molecule has 0 fully saturated rings. The van der Waals surface area contributed by atoms with E-state index in [1.165, 1.54) is 24.7 Å². The molecule has 8 nitrogen and oxygen atoms in total. The van der Waals surface area contributed by atoms with Crippen molar-refractivity contribution >= 4 is 23.3 Å². The summed E-state index contributed by atoms with van der Waals surface area (Å²) < 4.78 is 4.74. The molecule has 0 bridgehead atoms. The van der Waals surface area contributed by atoms with Crippen molar-refractivity contribution < 1.29 is 24.0 Å². The molecule has 0 aliphatic rings. The molecular weight excluding hydrogens is 268 g/mol. The third-order valence-corrected chi connectivity index (χ3v) is 2.48. The van der Waals surface area contributed by atoms with E-state index in [0.29, 0.717) is 0 Å². The van der Waals surface area contributed by atoms with Crippen LogP contribution in [-0.2, 0) is 0 Å². The molecule has 102 valence electrons. The number of amides is 1. The number of hydrogen-bond acceptors (Lipinski definition) is 5. The second-order valence-electron chi connectivity index (χ2n) is 3.76. The zero-order valence-electron chi connectivity index (χ0n) is 9.90. The van der Waals surface area contributed by atoms with Crippen molar-refractivity contribution in [3.05, 3.63) is 58.0 Å². The van der Waals surface area contributed by atoms with Gasteiger partial charge in [0.2, 0.25) is 0 Å². The van der Waals surface area contributed by atoms with Gasteiger partial charge >= 0.3 is 5.97 Å². The van der Waals surface area contributed by atoms with Gasteiger partial charge in [0.1, 0.15) is 6.26 Å². The van der Waals surface area contributed by atoms with Crippen LogP contribution in [0.25, 0.3) is 0 Å². The van der Waals surface area contributed by atoms with Crippen LogP contribution < -0.4 is 5.32 Å². The summed E-state index contributed by atoms with van der Waals surface area (Å²) in [6, 6.07) is 4.56. The molecule has 20 heavy (non-hydrogen) atoms. The number of rotatable bonds is 4. The Labute approximate surface area is 111 Å². The van der Waals surface area contributed by atoms with E-state index < -0.39 is 16.8 Å². The zero-order valence-corrected chi connectivity index (χ0v) is 9.90. The molecule has 0 atom stereocenters. The Bertz CT molecular complexity index is 677. The maximum atomic E-state index is 11.8. The molecule has 0 aliphatic carbocycles. The molecule has 2 N–H and O–H groups in total. The third-order valence-electron chi connectivity index (χ3n) is 2.48. The van der Waals surface area contributed by atoms with E-state index >= 15 is 0 Å². The Morgan fingerprint density at radius 2 is 2.05 bits per heavy atom. The van der Waals surface area contributed by atoms with Gasteiger partial charge < -0.3 is 14.8 Å². The maximum Gasteiger partial charge on any atom is 0.338 e. The minimum atomic E-state index is -1.38. The quantitative estimate of drug-likeness (QED) is 0.651. The van der Waals surface area contributed by atoms with E-state index in [4.69, 9.17) is 9.52 Å². The average molecular weight is 276 g/mol. The van der Waals surface area contributed by atoms with Crippen LogP contribution in [0, 0.1) is 10.1 Å². The number of non-ortho nitro benzene ring substituents is 1. The van der Waals surface area contributed by atoms with Crippen molar-refractivity contribution in [1.82, 2.24) is 0 Å². The molecule has 1 heterocycles. The SMILES string of the molecule is O=C(Nc1ccc([N+](=O)[O-])cc1C(=O)O)c1ccoc1. The Morgan fingerprint density at radius 1 is 1.30 bits per heavy atom. The number of nitrogens with one attached hydrogen (secondary N) is 1. The number of carboxylic acid groups (broad SMARTS) is 1. The Morgan fingerprint density at radius 3 is 2.60 bits per heavy atom. The average Bonchev–Trinajstić information content (AvgIpc) is 2.92. The molecule has 0 saturated heterocycles. The van der Waals surface area contributed by atoms with Gasteiger partial charge in [0, 0.05) is 12.1 Å². The molecule has 8 heteroatoms. The van der Waals surface area contributed by atoms with Crippen LogP contribution in [0.5, 0.6) is 0 Å². The predicted octanol–water partition coefficient (Wildman–Crippen LogP) is 2.14. The molecule has 1 aromatic carbocycles. The van der Waals surface area contributed by atoms with Gasteiger partial charge in [0.25, 0.3) is 11.6 Å². The molecule has 0 aliphatic heterocycles. The number of hydrogen-bond donors (Lipinski definition) is 2. The highest BCUT2D eigenvalue weighted by molar-refractivity contribution is 6.07. The third kappa shape index (κ3) is 2.64. The van der Waals surface area contributed by atoms with E-state index in [0.717, 1.165) is 12.1 Å². The van der Waals surface area contributed by atoms with Gasteiger partial charge in [-0.2, -0.15) is 0 Å². The van der Waals surface area contributed by atoms with Crippen LogP contribution in [0.15, 0.2) is 41.2 Å². The molecule has 0 radical (unpaired) electrons. The maximum absolute atomic E-state index is 11.8. The molecule has 2 aromatic rings. The first-order chi connectivity index (χ1) is 9.49. The van der Waals surface area contributed by atoms with Crippen LogP contribution in [0.2, 0.25) is 0 Å². The first kappa shape index (κ1) is 13.3. The fourth-order valence-corrected chi connectivity index (χ4v) is 1.52. The smallest absolute Gasteiger partial charge is 0.338 e. The van der Waals surface area contributed by atoms with Crippen molar-refractivity contribution in [3.63, 3.8) is 0 Å². The first-order valence-electron chi connectivity index (χ1n) is 5.34. The van der Waals surface area contributed by atoms with E-state index in [2.05, 4.69) is 5.32 Å². The molecule has 0 saturated carbocycles. The van der Waals surface area contributed by atoms with Gasteiger partial charge in [0.05, 0.1) is 28.0 Å². The summed E-state index contributed by atoms with van der Waals surface area (Å²) >= 11 is 0. The summed E-state index contributed by atoms with van der Waals surface area (Å²) in [4.78, 5) is 32.7. The van der Waals surface area contributed by atoms with Crippen LogP contribution in [0.4, 0.5) is 11.4 Å². The summed E-state index contributed by atoms with van der Waals surface area (Å²) in [6.45, 7) is 0. The monoisotopic (exact) mass is 276 g/mol. The molecule has 0 unspecified atom stereocenters. The first-order valence-corrected chi connectivity index (χ1v) is 5.34. The highest BCUT2D eigenvalue weighted by atomic mass is 16.6. The lowest BCUT2D eigenvalue weighted by atomic mass is 10.1. The number of nitro groups is 1. The van der Waals surface area contributed by atoms with Gasteiger partial charge in [-0.15, -0.1) is 0 Å². The number of furan rings is 1. The van der Waals surface area contributed by atoms with E-state index in [9.17, 15) is 19.7 Å². The number of carbonyl (C=O) groups is 2. The Balaban J connectivity index is 2.34.